The molecule has 0 bridgehead atoms. The predicted molar refractivity (Wildman–Crippen MR) is 66.2 cm³/mol. The fraction of sp³-hybridized carbons (Fsp3) is 0.357. The van der Waals surface area contributed by atoms with Crippen LogP contribution >= 0.6 is 0 Å². The Bertz CT molecular complexity index is 393. The van der Waals surface area contributed by atoms with Crippen LogP contribution in [0.5, 0.6) is 0 Å². The van der Waals surface area contributed by atoms with Crippen molar-refractivity contribution in [1.29, 1.82) is 0 Å². The van der Waals surface area contributed by atoms with Gasteiger partial charge in [-0.3, -0.25) is 0 Å². The van der Waals surface area contributed by atoms with Crippen molar-refractivity contribution >= 4 is 6.72 Å². The summed E-state index contributed by atoms with van der Waals surface area (Å²) in [6.07, 6.45) is 12.2. The third-order valence-electron chi connectivity index (χ3n) is 3.51. The Hall–Kier alpha value is -1.41. The van der Waals surface area contributed by atoms with Gasteiger partial charge in [0.05, 0.1) is 6.72 Å². The fourth-order valence-corrected chi connectivity index (χ4v) is 2.61. The Kier molecular flexibility index (Phi) is 2.37. The lowest BCUT2D eigenvalue weighted by molar-refractivity contribution is -0.475. The lowest BCUT2D eigenvalue weighted by Crippen LogP contribution is -2.24. The maximum absolute atomic E-state index is 4.06. The van der Waals surface area contributed by atoms with Gasteiger partial charge in [0.1, 0.15) is 6.54 Å². The van der Waals surface area contributed by atoms with Crippen molar-refractivity contribution in [2.45, 2.75) is 6.42 Å². The molecule has 0 radical (unpaired) electrons. The highest BCUT2D eigenvalue weighted by Gasteiger charge is 2.21. The highest BCUT2D eigenvalue weighted by molar-refractivity contribution is 5.47. The smallest absolute Gasteiger partial charge is 0.121 e. The minimum Gasteiger partial charge on any atom is -0.307 e. The second-order valence-electron chi connectivity index (χ2n) is 4.59. The average Bonchev–Trinajstić information content (AvgIpc) is 2.90. The standard InChI is InChI=1S/C14H17N2/c1-15-10-7-13-12(5-4-6-14(13)15)11-16-8-2-3-9-16/h2-6H,1,7-11H2/q-1. The lowest BCUT2D eigenvalue weighted by atomic mass is 9.93. The quantitative estimate of drug-likeness (QED) is 0.383. The van der Waals surface area contributed by atoms with Gasteiger partial charge in [0.25, 0.3) is 0 Å². The van der Waals surface area contributed by atoms with Crippen LogP contribution in [0.3, 0.4) is 0 Å². The molecule has 1 fully saturated rings. The van der Waals surface area contributed by atoms with E-state index < -0.39 is 0 Å². The maximum Gasteiger partial charge on any atom is 0.121 e. The fourth-order valence-electron chi connectivity index (χ4n) is 2.61. The van der Waals surface area contributed by atoms with Crippen molar-refractivity contribution in [3.05, 3.63) is 47.9 Å². The molecule has 0 unspecified atom stereocenters. The van der Waals surface area contributed by atoms with E-state index in [0.29, 0.717) is 0 Å². The van der Waals surface area contributed by atoms with E-state index in [9.17, 15) is 0 Å². The zero-order valence-electron chi connectivity index (χ0n) is 9.52. The number of hydrogen-bond donors (Lipinski definition) is 0. The number of fused-ring (bicyclic) bond motifs is 1. The first-order chi connectivity index (χ1) is 7.84. The molecule has 3 aliphatic rings. The Morgan fingerprint density at radius 2 is 2.25 bits per heavy atom. The topological polar surface area (TPSA) is 6.25 Å². The van der Waals surface area contributed by atoms with Gasteiger partial charge >= 0.3 is 0 Å². The van der Waals surface area contributed by atoms with Crippen molar-refractivity contribution in [3.8, 4) is 0 Å². The van der Waals surface area contributed by atoms with Crippen LogP contribution in [0.25, 0.3) is 0 Å². The molecular weight excluding hydrogens is 196 g/mol. The monoisotopic (exact) mass is 213 g/mol. The molecule has 0 spiro atoms. The average molecular weight is 213 g/mol. The molecule has 1 aliphatic carbocycles. The van der Waals surface area contributed by atoms with Crippen molar-refractivity contribution in [3.63, 3.8) is 0 Å². The van der Waals surface area contributed by atoms with Crippen LogP contribution in [0.2, 0.25) is 0 Å². The van der Waals surface area contributed by atoms with E-state index in [-0.39, 0.29) is 0 Å². The van der Waals surface area contributed by atoms with Crippen LogP contribution in [-0.2, 0) is 0 Å². The summed E-state index contributed by atoms with van der Waals surface area (Å²) in [5.74, 6) is 0. The van der Waals surface area contributed by atoms with E-state index in [0.717, 1.165) is 32.6 Å². The first-order valence-corrected chi connectivity index (χ1v) is 5.91. The summed E-state index contributed by atoms with van der Waals surface area (Å²) < 4.78 is 2.11. The molecule has 0 amide bonds. The molecule has 2 heteroatoms. The second-order valence-corrected chi connectivity index (χ2v) is 4.59. The van der Waals surface area contributed by atoms with Gasteiger partial charge in [0.2, 0.25) is 0 Å². The van der Waals surface area contributed by atoms with E-state index in [2.05, 4.69) is 46.9 Å². The van der Waals surface area contributed by atoms with Gasteiger partial charge in [0.15, 0.2) is 0 Å². The molecule has 2 nitrogen and oxygen atoms in total. The van der Waals surface area contributed by atoms with Crippen LogP contribution < -0.4 is 0 Å². The molecule has 16 heavy (non-hydrogen) atoms. The van der Waals surface area contributed by atoms with E-state index in [1.807, 2.05) is 0 Å². The number of rotatable bonds is 2. The van der Waals surface area contributed by atoms with Gasteiger partial charge < -0.3 is 9.48 Å². The maximum atomic E-state index is 4.06. The number of nitrogens with zero attached hydrogens (tertiary/aromatic N) is 2. The van der Waals surface area contributed by atoms with Crippen LogP contribution in [0.15, 0.2) is 35.5 Å². The van der Waals surface area contributed by atoms with Crippen LogP contribution in [0, 0.1) is 12.5 Å². The molecule has 3 rings (SSSR count). The van der Waals surface area contributed by atoms with Gasteiger partial charge in [-0.1, -0.05) is 12.2 Å². The molecule has 0 aromatic carbocycles. The van der Waals surface area contributed by atoms with Crippen molar-refractivity contribution in [2.24, 2.45) is 0 Å². The first-order valence-electron chi connectivity index (χ1n) is 5.91. The minimum atomic E-state index is 1.06. The van der Waals surface area contributed by atoms with Crippen LogP contribution in [-0.4, -0.2) is 42.4 Å². The Labute approximate surface area is 97.3 Å². The largest absolute Gasteiger partial charge is 0.307 e. The summed E-state index contributed by atoms with van der Waals surface area (Å²) >= 11 is 0. The molecule has 0 atom stereocenters. The van der Waals surface area contributed by atoms with E-state index in [1.165, 1.54) is 17.2 Å². The summed E-state index contributed by atoms with van der Waals surface area (Å²) in [7, 11) is 0. The first kappa shape index (κ1) is 9.79. The van der Waals surface area contributed by atoms with E-state index >= 15 is 0 Å². The molecule has 0 aromatic heterocycles. The minimum absolute atomic E-state index is 1.06. The van der Waals surface area contributed by atoms with Crippen LogP contribution in [0.1, 0.15) is 6.42 Å². The highest BCUT2D eigenvalue weighted by atomic mass is 15.1. The summed E-state index contributed by atoms with van der Waals surface area (Å²) in [6.45, 7) is 8.38. The molecule has 84 valence electrons. The van der Waals surface area contributed by atoms with Gasteiger partial charge in [-0.2, -0.15) is 11.6 Å². The molecule has 1 saturated heterocycles. The number of allylic oxidation sites excluding steroid dienone is 1. The SMILES string of the molecule is C=[N+]1CCC2=C(CN3CC=CC3)[CH-]C=C[C-]21. The molecule has 0 aromatic rings. The van der Waals surface area contributed by atoms with Crippen molar-refractivity contribution in [2.75, 3.05) is 26.2 Å². The Morgan fingerprint density at radius 1 is 1.44 bits per heavy atom. The molecule has 0 saturated carbocycles. The molecule has 2 aliphatic heterocycles. The zero-order valence-corrected chi connectivity index (χ0v) is 9.52. The van der Waals surface area contributed by atoms with Crippen LogP contribution in [0.4, 0.5) is 0 Å². The van der Waals surface area contributed by atoms with E-state index in [4.69, 9.17) is 0 Å². The number of hydrogen-bond acceptors (Lipinski definition) is 1. The van der Waals surface area contributed by atoms with E-state index in [1.54, 1.807) is 0 Å². The summed E-state index contributed by atoms with van der Waals surface area (Å²) in [5.41, 5.74) is 2.98. The highest BCUT2D eigenvalue weighted by Crippen LogP contribution is 2.34. The molecule has 2 heterocycles. The predicted octanol–water partition coefficient (Wildman–Crippen LogP) is 1.58. The molecule has 0 N–H and O–H groups in total. The summed E-state index contributed by atoms with van der Waals surface area (Å²) in [6, 6.07) is 1.32. The van der Waals surface area contributed by atoms with Gasteiger partial charge in [-0.15, -0.1) is 0 Å². The normalized spacial score (nSPS) is 24.2. The van der Waals surface area contributed by atoms with Crippen molar-refractivity contribution in [1.82, 2.24) is 4.90 Å². The molecular formula is C14H17N2-. The lowest BCUT2D eigenvalue weighted by Gasteiger charge is -2.33. The van der Waals surface area contributed by atoms with Gasteiger partial charge in [-0.25, -0.2) is 18.1 Å². The Morgan fingerprint density at radius 3 is 3.06 bits per heavy atom. The third kappa shape index (κ3) is 1.59. The third-order valence-corrected chi connectivity index (χ3v) is 3.51. The zero-order chi connectivity index (χ0) is 11.0. The van der Waals surface area contributed by atoms with Gasteiger partial charge in [0, 0.05) is 19.1 Å². The Balaban J connectivity index is 1.78. The van der Waals surface area contributed by atoms with Gasteiger partial charge in [-0.05, 0) is 13.0 Å². The summed E-state index contributed by atoms with van der Waals surface area (Å²) in [4.78, 5) is 2.46. The summed E-state index contributed by atoms with van der Waals surface area (Å²) in [5, 5.41) is 0. The van der Waals surface area contributed by atoms with Crippen molar-refractivity contribution < 1.29 is 4.58 Å². The second kappa shape index (κ2) is 3.87.